The van der Waals surface area contributed by atoms with Gasteiger partial charge in [-0.05, 0) is 12.1 Å². The molecule has 0 atom stereocenters. The molecule has 0 spiro atoms. The number of nitrogens with zero attached hydrogens (tertiary/aromatic N) is 1. The zero-order valence-corrected chi connectivity index (χ0v) is 14.4. The topological polar surface area (TPSA) is 118 Å². The van der Waals surface area contributed by atoms with Crippen LogP contribution in [0, 0.1) is 0 Å². The van der Waals surface area contributed by atoms with Gasteiger partial charge < -0.3 is 24.8 Å². The summed E-state index contributed by atoms with van der Waals surface area (Å²) in [4.78, 5) is 35.2. The van der Waals surface area contributed by atoms with Gasteiger partial charge in [0, 0.05) is 12.4 Å². The van der Waals surface area contributed by atoms with Gasteiger partial charge in [0.1, 0.15) is 23.4 Å². The fraction of sp³-hybridized carbons (Fsp3) is 0.118. The van der Waals surface area contributed by atoms with Crippen molar-refractivity contribution in [1.82, 2.24) is 9.88 Å². The van der Waals surface area contributed by atoms with Crippen molar-refractivity contribution in [2.45, 2.75) is 0 Å². The van der Waals surface area contributed by atoms with Gasteiger partial charge in [0.05, 0.1) is 4.70 Å². The summed E-state index contributed by atoms with van der Waals surface area (Å²) < 4.78 is 7.25. The highest BCUT2D eigenvalue weighted by atomic mass is 32.1. The van der Waals surface area contributed by atoms with E-state index in [-0.39, 0.29) is 0 Å². The first-order valence-electron chi connectivity index (χ1n) is 7.46. The molecule has 1 aromatic carbocycles. The molecule has 0 aliphatic carbocycles. The number of carbonyl (C=O) groups is 2. The van der Waals surface area contributed by atoms with Crippen LogP contribution in [0.2, 0.25) is 0 Å². The Labute approximate surface area is 150 Å². The number of carboxylic acid groups (broad SMARTS) is 1. The fourth-order valence-corrected chi connectivity index (χ4v) is 3.39. The third-order valence-electron chi connectivity index (χ3n) is 3.64. The number of aromatic hydroxyl groups is 1. The monoisotopic (exact) mass is 374 g/mol. The van der Waals surface area contributed by atoms with Crippen LogP contribution in [0.15, 0.2) is 40.5 Å². The highest BCUT2D eigenvalue weighted by molar-refractivity contribution is 7.18. The van der Waals surface area contributed by atoms with Gasteiger partial charge in [0.25, 0.3) is 11.5 Å². The maximum atomic E-state index is 12.5. The minimum absolute atomic E-state index is 0.290. The van der Waals surface area contributed by atoms with Gasteiger partial charge in [-0.25, -0.2) is 0 Å². The number of rotatable bonds is 5. The molecule has 3 rings (SSSR count). The maximum absolute atomic E-state index is 12.5. The number of nitrogens with one attached hydrogen (secondary N) is 1. The van der Waals surface area contributed by atoms with Crippen LogP contribution in [-0.2, 0) is 11.8 Å². The average molecular weight is 374 g/mol. The second kappa shape index (κ2) is 6.89. The van der Waals surface area contributed by atoms with Gasteiger partial charge in [0.15, 0.2) is 11.5 Å². The van der Waals surface area contributed by atoms with Gasteiger partial charge in [0.2, 0.25) is 0 Å². The van der Waals surface area contributed by atoms with Gasteiger partial charge in [-0.1, -0.05) is 18.2 Å². The quantitative estimate of drug-likeness (QED) is 0.628. The van der Waals surface area contributed by atoms with Crippen molar-refractivity contribution in [1.29, 1.82) is 0 Å². The smallest absolute Gasteiger partial charge is 0.322 e. The standard InChI is InChI=1S/C17H14N2O6S/c1-19-13-10(25-9-5-3-2-4-6-9)8-26-15(13)14(22)12(17(19)24)16(23)18-7-11(20)21/h2-6,8,22H,7H2,1H3,(H,18,23)(H,20,21). The van der Waals surface area contributed by atoms with E-state index >= 15 is 0 Å². The van der Waals surface area contributed by atoms with E-state index in [1.165, 1.54) is 11.6 Å². The van der Waals surface area contributed by atoms with Crippen molar-refractivity contribution < 1.29 is 24.5 Å². The zero-order chi connectivity index (χ0) is 18.8. The Balaban J connectivity index is 2.08. The van der Waals surface area contributed by atoms with E-state index in [0.717, 1.165) is 11.3 Å². The molecule has 0 saturated heterocycles. The van der Waals surface area contributed by atoms with Crippen molar-refractivity contribution in [3.8, 4) is 17.2 Å². The lowest BCUT2D eigenvalue weighted by Crippen LogP contribution is -2.35. The molecule has 3 N–H and O–H groups in total. The lowest BCUT2D eigenvalue weighted by Gasteiger charge is -2.10. The number of aromatic nitrogens is 1. The highest BCUT2D eigenvalue weighted by Gasteiger charge is 2.24. The van der Waals surface area contributed by atoms with Gasteiger partial charge in [-0.15, -0.1) is 11.3 Å². The minimum atomic E-state index is -1.26. The van der Waals surface area contributed by atoms with Crippen molar-refractivity contribution in [3.05, 3.63) is 51.6 Å². The summed E-state index contributed by atoms with van der Waals surface area (Å²) in [6, 6.07) is 8.92. The minimum Gasteiger partial charge on any atom is -0.505 e. The van der Waals surface area contributed by atoms with E-state index in [9.17, 15) is 19.5 Å². The predicted molar refractivity (Wildman–Crippen MR) is 95.2 cm³/mol. The number of carboxylic acids is 1. The lowest BCUT2D eigenvalue weighted by atomic mass is 10.2. The van der Waals surface area contributed by atoms with Gasteiger partial charge in [-0.2, -0.15) is 0 Å². The molecule has 134 valence electrons. The largest absolute Gasteiger partial charge is 0.505 e. The molecule has 26 heavy (non-hydrogen) atoms. The van der Waals surface area contributed by atoms with Crippen LogP contribution in [0.3, 0.4) is 0 Å². The van der Waals surface area contributed by atoms with Crippen molar-refractivity contribution in [3.63, 3.8) is 0 Å². The summed E-state index contributed by atoms with van der Waals surface area (Å²) >= 11 is 1.11. The van der Waals surface area contributed by atoms with Crippen LogP contribution in [0.25, 0.3) is 10.2 Å². The first-order valence-corrected chi connectivity index (χ1v) is 8.34. The number of carbonyl (C=O) groups excluding carboxylic acids is 1. The van der Waals surface area contributed by atoms with Crippen molar-refractivity contribution in [2.24, 2.45) is 7.05 Å². The Hall–Kier alpha value is -3.33. The molecule has 8 nitrogen and oxygen atoms in total. The number of aryl methyl sites for hydroxylation is 1. The number of para-hydroxylation sites is 1. The summed E-state index contributed by atoms with van der Waals surface area (Å²) in [5.74, 6) is -1.79. The number of hydrogen-bond donors (Lipinski definition) is 3. The molecule has 0 radical (unpaired) electrons. The number of pyridine rings is 1. The Morgan fingerprint density at radius 1 is 1.27 bits per heavy atom. The van der Waals surface area contributed by atoms with Crippen molar-refractivity contribution >= 4 is 33.4 Å². The number of benzene rings is 1. The maximum Gasteiger partial charge on any atom is 0.322 e. The zero-order valence-electron chi connectivity index (χ0n) is 13.6. The van der Waals surface area contributed by atoms with Crippen LogP contribution in [0.4, 0.5) is 0 Å². The molecule has 0 saturated carbocycles. The molecule has 0 unspecified atom stereocenters. The molecular formula is C17H14N2O6S. The highest BCUT2D eigenvalue weighted by Crippen LogP contribution is 2.39. The summed E-state index contributed by atoms with van der Waals surface area (Å²) in [6.07, 6.45) is 0. The van der Waals surface area contributed by atoms with Crippen molar-refractivity contribution in [2.75, 3.05) is 6.54 Å². The van der Waals surface area contributed by atoms with Gasteiger partial charge >= 0.3 is 5.97 Å². The van der Waals surface area contributed by atoms with E-state index in [4.69, 9.17) is 9.84 Å². The number of amides is 1. The third-order valence-corrected chi connectivity index (χ3v) is 4.59. The SMILES string of the molecule is Cn1c(=O)c(C(=O)NCC(=O)O)c(O)c2scc(Oc3ccccc3)c21. The Morgan fingerprint density at radius 2 is 1.96 bits per heavy atom. The first kappa shape index (κ1) is 17.5. The first-order chi connectivity index (χ1) is 12.4. The molecule has 3 aromatic rings. The third kappa shape index (κ3) is 3.11. The Kier molecular flexibility index (Phi) is 4.63. The molecule has 1 amide bonds. The van der Waals surface area contributed by atoms with E-state index in [1.54, 1.807) is 29.6 Å². The summed E-state index contributed by atoms with van der Waals surface area (Å²) in [5.41, 5.74) is -0.917. The summed E-state index contributed by atoms with van der Waals surface area (Å²) in [7, 11) is 1.45. The summed E-state index contributed by atoms with van der Waals surface area (Å²) in [6.45, 7) is -0.660. The number of aliphatic carboxylic acids is 1. The Morgan fingerprint density at radius 3 is 2.62 bits per heavy atom. The van der Waals surface area contributed by atoms with Crippen LogP contribution in [-0.4, -0.2) is 33.2 Å². The molecule has 0 fully saturated rings. The number of hydrogen-bond acceptors (Lipinski definition) is 6. The molecule has 9 heteroatoms. The van der Waals surface area contributed by atoms with E-state index < -0.39 is 35.3 Å². The predicted octanol–water partition coefficient (Wildman–Crippen LogP) is 1.91. The van der Waals surface area contributed by atoms with E-state index in [0.29, 0.717) is 21.7 Å². The second-order valence-corrected chi connectivity index (χ2v) is 6.24. The molecule has 0 aliphatic rings. The molecular weight excluding hydrogens is 360 g/mol. The number of ether oxygens (including phenoxy) is 1. The fourth-order valence-electron chi connectivity index (χ4n) is 2.44. The van der Waals surface area contributed by atoms with E-state index in [2.05, 4.69) is 5.32 Å². The average Bonchev–Trinajstić information content (AvgIpc) is 3.03. The normalized spacial score (nSPS) is 10.7. The lowest BCUT2D eigenvalue weighted by molar-refractivity contribution is -0.135. The van der Waals surface area contributed by atoms with Crippen LogP contribution in [0.5, 0.6) is 17.2 Å². The van der Waals surface area contributed by atoms with Crippen LogP contribution >= 0.6 is 11.3 Å². The second-order valence-electron chi connectivity index (χ2n) is 5.36. The number of fused-ring (bicyclic) bond motifs is 1. The summed E-state index contributed by atoms with van der Waals surface area (Å²) in [5, 5.41) is 22.7. The van der Waals surface area contributed by atoms with Crippen LogP contribution in [0.1, 0.15) is 10.4 Å². The number of thiophene rings is 1. The molecule has 2 heterocycles. The molecule has 0 aliphatic heterocycles. The van der Waals surface area contributed by atoms with E-state index in [1.807, 2.05) is 6.07 Å². The van der Waals surface area contributed by atoms with Crippen LogP contribution < -0.4 is 15.6 Å². The van der Waals surface area contributed by atoms with Gasteiger partial charge in [-0.3, -0.25) is 14.4 Å². The molecule has 0 bridgehead atoms. The Bertz CT molecular complexity index is 1050. The molecule has 2 aromatic heterocycles.